The van der Waals surface area contributed by atoms with E-state index in [4.69, 9.17) is 14.2 Å². The Balaban J connectivity index is 1.21. The van der Waals surface area contributed by atoms with Crippen molar-refractivity contribution in [2.75, 3.05) is 27.1 Å². The van der Waals surface area contributed by atoms with Crippen molar-refractivity contribution in [2.45, 2.75) is 55.4 Å². The molecule has 8 heteroatoms. The van der Waals surface area contributed by atoms with E-state index in [9.17, 15) is 13.2 Å². The molecule has 3 aromatic rings. The normalized spacial score (nSPS) is 19.8. The molecule has 2 aliphatic heterocycles. The fourth-order valence-corrected chi connectivity index (χ4v) is 7.60. The van der Waals surface area contributed by atoms with Crippen molar-refractivity contribution in [3.05, 3.63) is 77.4 Å². The van der Waals surface area contributed by atoms with Crippen LogP contribution in [0.25, 0.3) is 11.1 Å². The Morgan fingerprint density at radius 1 is 1.03 bits per heavy atom. The van der Waals surface area contributed by atoms with Gasteiger partial charge in [-0.3, -0.25) is 4.79 Å². The Morgan fingerprint density at radius 2 is 1.79 bits per heavy atom. The number of Topliss-reactive ketones (excluding diaryl/α,β-unsaturated/α-hetero) is 1. The van der Waals surface area contributed by atoms with Gasteiger partial charge in [-0.1, -0.05) is 36.4 Å². The molecule has 3 aromatic carbocycles. The van der Waals surface area contributed by atoms with Gasteiger partial charge in [-0.25, -0.2) is 8.42 Å². The minimum absolute atomic E-state index is 0.122. The van der Waals surface area contributed by atoms with Crippen LogP contribution < -0.4 is 9.47 Å². The third-order valence-corrected chi connectivity index (χ3v) is 10.3. The minimum atomic E-state index is -3.59. The molecule has 1 saturated carbocycles. The monoisotopic (exact) mass is 547 g/mol. The summed E-state index contributed by atoms with van der Waals surface area (Å²) in [6.45, 7) is 3.16. The summed E-state index contributed by atoms with van der Waals surface area (Å²) in [5, 5.41) is 0. The predicted molar refractivity (Wildman–Crippen MR) is 148 cm³/mol. The zero-order valence-electron chi connectivity index (χ0n) is 22.3. The van der Waals surface area contributed by atoms with Crippen molar-refractivity contribution in [3.63, 3.8) is 0 Å². The first-order valence-electron chi connectivity index (χ1n) is 13.5. The predicted octanol–water partition coefficient (Wildman–Crippen LogP) is 5.03. The van der Waals surface area contributed by atoms with Crippen LogP contribution in [0, 0.1) is 6.92 Å². The van der Waals surface area contributed by atoms with E-state index < -0.39 is 15.4 Å². The molecule has 0 spiro atoms. The summed E-state index contributed by atoms with van der Waals surface area (Å²) in [7, 11) is -1.99. The van der Waals surface area contributed by atoms with Crippen molar-refractivity contribution in [1.82, 2.24) is 4.31 Å². The first kappa shape index (κ1) is 26.0. The van der Waals surface area contributed by atoms with E-state index in [-0.39, 0.29) is 23.5 Å². The fraction of sp³-hybridized carbons (Fsp3) is 0.387. The van der Waals surface area contributed by atoms with Gasteiger partial charge in [-0.15, -0.1) is 0 Å². The molecule has 1 aliphatic carbocycles. The maximum atomic E-state index is 13.5. The topological polar surface area (TPSA) is 82.1 Å². The minimum Gasteiger partial charge on any atom is -0.454 e. The van der Waals surface area contributed by atoms with E-state index in [1.54, 1.807) is 23.5 Å². The number of nitrogens with zero attached hydrogens (tertiary/aromatic N) is 1. The molecular formula is C31H33NO6S. The molecule has 2 fully saturated rings. The van der Waals surface area contributed by atoms with Crippen molar-refractivity contribution >= 4 is 15.8 Å². The van der Waals surface area contributed by atoms with Gasteiger partial charge >= 0.3 is 0 Å². The number of fused-ring (bicyclic) bond motifs is 1. The summed E-state index contributed by atoms with van der Waals surface area (Å²) in [6.07, 6.45) is 3.66. The number of ketones is 1. The Labute approximate surface area is 229 Å². The average molecular weight is 548 g/mol. The molecule has 0 bridgehead atoms. The summed E-state index contributed by atoms with van der Waals surface area (Å²) >= 11 is 0. The lowest BCUT2D eigenvalue weighted by molar-refractivity contribution is -0.120. The summed E-state index contributed by atoms with van der Waals surface area (Å²) in [5.74, 6) is 1.63. The molecule has 0 N–H and O–H groups in total. The van der Waals surface area contributed by atoms with Crippen LogP contribution in [0.1, 0.15) is 42.4 Å². The molecule has 204 valence electrons. The molecule has 6 rings (SSSR count). The number of rotatable bonds is 9. The Morgan fingerprint density at radius 3 is 2.54 bits per heavy atom. The largest absolute Gasteiger partial charge is 0.454 e. The van der Waals surface area contributed by atoms with Gasteiger partial charge in [0, 0.05) is 26.1 Å². The van der Waals surface area contributed by atoms with Crippen LogP contribution >= 0.6 is 0 Å². The van der Waals surface area contributed by atoms with E-state index in [0.717, 1.165) is 59.3 Å². The quantitative estimate of drug-likeness (QED) is 0.374. The maximum absolute atomic E-state index is 13.5. The van der Waals surface area contributed by atoms with E-state index in [0.29, 0.717) is 25.3 Å². The SMILES string of the molecule is COC[C@H]1CCCN1S(=O)(=O)c1ccc(-c2cc(CC(=O)C3(c4ccc5c(c4)OCO5)CC3)ccc2C)cc1. The Hall–Kier alpha value is -3.20. The van der Waals surface area contributed by atoms with E-state index in [1.165, 1.54) is 0 Å². The third-order valence-electron chi connectivity index (χ3n) is 8.33. The van der Waals surface area contributed by atoms with Crippen molar-refractivity contribution < 1.29 is 27.4 Å². The number of aryl methyl sites for hydroxylation is 1. The van der Waals surface area contributed by atoms with E-state index >= 15 is 0 Å². The lowest BCUT2D eigenvalue weighted by Crippen LogP contribution is -2.38. The molecule has 1 atom stereocenters. The number of methoxy groups -OCH3 is 1. The lowest BCUT2D eigenvalue weighted by Gasteiger charge is -2.23. The number of carbonyl (C=O) groups is 1. The highest BCUT2D eigenvalue weighted by Gasteiger charge is 2.50. The fourth-order valence-electron chi connectivity index (χ4n) is 5.92. The van der Waals surface area contributed by atoms with Gasteiger partial charge in [-0.2, -0.15) is 4.31 Å². The van der Waals surface area contributed by atoms with Crippen LogP contribution in [0.15, 0.2) is 65.6 Å². The number of ether oxygens (including phenoxy) is 3. The summed E-state index contributed by atoms with van der Waals surface area (Å²) in [4.78, 5) is 13.8. The van der Waals surface area contributed by atoms with Gasteiger partial charge in [-0.05, 0) is 84.7 Å². The van der Waals surface area contributed by atoms with Gasteiger partial charge in [0.25, 0.3) is 0 Å². The molecule has 3 aliphatic rings. The standard InChI is InChI=1S/C31H33NO6S/c1-21-5-6-22(17-30(33)31(13-14-31)24-9-12-28-29(18-24)38-20-37-28)16-27(21)23-7-10-26(11-8-23)39(34,35)32-15-3-4-25(32)19-36-2/h5-12,16,18,25H,3-4,13-15,17,19-20H2,1-2H3/t25-/m1/s1. The van der Waals surface area contributed by atoms with E-state index in [2.05, 4.69) is 6.07 Å². The second-order valence-electron chi connectivity index (χ2n) is 10.8. The van der Waals surface area contributed by atoms with Crippen LogP contribution in [0.5, 0.6) is 11.5 Å². The molecule has 7 nitrogen and oxygen atoms in total. The molecule has 0 radical (unpaired) electrons. The van der Waals surface area contributed by atoms with Crippen molar-refractivity contribution in [3.8, 4) is 22.6 Å². The highest BCUT2D eigenvalue weighted by molar-refractivity contribution is 7.89. The highest BCUT2D eigenvalue weighted by atomic mass is 32.2. The van der Waals surface area contributed by atoms with Crippen LogP contribution in [0.4, 0.5) is 0 Å². The summed E-state index contributed by atoms with van der Waals surface area (Å²) < 4.78 is 44.4. The van der Waals surface area contributed by atoms with Crippen LogP contribution in [-0.4, -0.2) is 51.6 Å². The molecular weight excluding hydrogens is 514 g/mol. The molecule has 1 saturated heterocycles. The molecule has 0 aromatic heterocycles. The number of hydrogen-bond acceptors (Lipinski definition) is 6. The zero-order chi connectivity index (χ0) is 27.2. The number of carbonyl (C=O) groups excluding carboxylic acids is 1. The smallest absolute Gasteiger partial charge is 0.243 e. The second-order valence-corrected chi connectivity index (χ2v) is 12.7. The number of benzene rings is 3. The van der Waals surface area contributed by atoms with Crippen LogP contribution in [0.3, 0.4) is 0 Å². The Bertz CT molecular complexity index is 1510. The molecule has 0 amide bonds. The second kappa shape index (κ2) is 10.1. The zero-order valence-corrected chi connectivity index (χ0v) is 23.1. The maximum Gasteiger partial charge on any atom is 0.243 e. The van der Waals surface area contributed by atoms with Crippen molar-refractivity contribution in [1.29, 1.82) is 0 Å². The molecule has 2 heterocycles. The van der Waals surface area contributed by atoms with E-state index in [1.807, 2.05) is 49.4 Å². The number of sulfonamides is 1. The van der Waals surface area contributed by atoms with Gasteiger partial charge in [0.15, 0.2) is 11.5 Å². The first-order chi connectivity index (χ1) is 18.8. The third kappa shape index (κ3) is 4.75. The first-order valence-corrected chi connectivity index (χ1v) is 14.9. The summed E-state index contributed by atoms with van der Waals surface area (Å²) in [6, 6.07) is 18.9. The van der Waals surface area contributed by atoms with Gasteiger partial charge in [0.05, 0.1) is 16.9 Å². The highest BCUT2D eigenvalue weighted by Crippen LogP contribution is 2.51. The summed E-state index contributed by atoms with van der Waals surface area (Å²) in [5.41, 5.74) is 4.47. The van der Waals surface area contributed by atoms with Gasteiger partial charge < -0.3 is 14.2 Å². The van der Waals surface area contributed by atoms with Crippen LogP contribution in [-0.2, 0) is 31.4 Å². The Kier molecular flexibility index (Phi) is 6.73. The molecule has 0 unspecified atom stereocenters. The number of hydrogen-bond donors (Lipinski definition) is 0. The van der Waals surface area contributed by atoms with Crippen LogP contribution in [0.2, 0.25) is 0 Å². The van der Waals surface area contributed by atoms with Gasteiger partial charge in [0.1, 0.15) is 5.78 Å². The van der Waals surface area contributed by atoms with Crippen molar-refractivity contribution in [2.24, 2.45) is 0 Å². The lowest BCUT2D eigenvalue weighted by atomic mass is 9.87. The molecule has 39 heavy (non-hydrogen) atoms. The average Bonchev–Trinajstić information content (AvgIpc) is 3.38. The van der Waals surface area contributed by atoms with Gasteiger partial charge in [0.2, 0.25) is 16.8 Å².